The molecule has 112 valence electrons. The second-order valence-electron chi connectivity index (χ2n) is 4.34. The number of nitrogens with one attached hydrogen (secondary N) is 2. The van der Waals surface area contributed by atoms with Gasteiger partial charge in [0, 0.05) is 17.6 Å². The molecule has 2 rings (SSSR count). The Morgan fingerprint density at radius 3 is 2.62 bits per heavy atom. The highest BCUT2D eigenvalue weighted by Crippen LogP contribution is 2.29. The number of hydrogen-bond acceptors (Lipinski definition) is 8. The van der Waals surface area contributed by atoms with Gasteiger partial charge in [-0.05, 0) is 13.3 Å². The lowest BCUT2D eigenvalue weighted by molar-refractivity contribution is -0.383. The van der Waals surface area contributed by atoms with Gasteiger partial charge in [-0.2, -0.15) is 0 Å². The van der Waals surface area contributed by atoms with Crippen molar-refractivity contribution in [1.82, 2.24) is 15.0 Å². The molecule has 0 aliphatic carbocycles. The van der Waals surface area contributed by atoms with Gasteiger partial charge in [0.15, 0.2) is 0 Å². The van der Waals surface area contributed by atoms with Gasteiger partial charge in [-0.25, -0.2) is 15.0 Å². The van der Waals surface area contributed by atoms with Crippen LogP contribution in [-0.4, -0.2) is 26.4 Å². The number of aromatic nitrogens is 3. The molecule has 0 aliphatic heterocycles. The van der Waals surface area contributed by atoms with Crippen molar-refractivity contribution in [3.8, 4) is 0 Å². The minimum Gasteiger partial charge on any atom is -0.364 e. The molecule has 0 radical (unpaired) electrons. The lowest BCUT2D eigenvalue weighted by Gasteiger charge is -2.08. The molecule has 9 heteroatoms. The summed E-state index contributed by atoms with van der Waals surface area (Å²) in [4.78, 5) is 23.0. The maximum Gasteiger partial charge on any atom is 0.353 e. The van der Waals surface area contributed by atoms with Crippen LogP contribution < -0.4 is 10.6 Å². The molecule has 2 aromatic rings. The van der Waals surface area contributed by atoms with Crippen molar-refractivity contribution in [3.05, 3.63) is 32.5 Å². The summed E-state index contributed by atoms with van der Waals surface area (Å²) in [6, 6.07) is 0. The van der Waals surface area contributed by atoms with Crippen LogP contribution in [0.15, 0.2) is 11.7 Å². The highest BCUT2D eigenvalue weighted by atomic mass is 32.1. The van der Waals surface area contributed by atoms with Crippen LogP contribution in [0.5, 0.6) is 0 Å². The summed E-state index contributed by atoms with van der Waals surface area (Å²) in [6.07, 6.45) is 2.16. The number of hydrogen-bond donors (Lipinski definition) is 2. The first-order valence-corrected chi connectivity index (χ1v) is 7.38. The van der Waals surface area contributed by atoms with Gasteiger partial charge in [0.05, 0.1) is 11.5 Å². The van der Waals surface area contributed by atoms with Gasteiger partial charge >= 0.3 is 5.69 Å². The standard InChI is InChI=1S/C12H16N6O2S/c1-3-4-13-11-10(18(19)20)12(16-7-15-11)14-5-9-17-8(2)6-21-9/h6-7H,3-5H2,1-2H3,(H2,13,14,15,16). The fraction of sp³-hybridized carbons (Fsp3) is 0.417. The van der Waals surface area contributed by atoms with Crippen LogP contribution in [0.3, 0.4) is 0 Å². The number of thiazole rings is 1. The second-order valence-corrected chi connectivity index (χ2v) is 5.28. The second kappa shape index (κ2) is 6.93. The molecule has 0 spiro atoms. The Bertz CT molecular complexity index is 630. The highest BCUT2D eigenvalue weighted by molar-refractivity contribution is 7.09. The molecule has 0 fully saturated rings. The molecule has 2 aromatic heterocycles. The van der Waals surface area contributed by atoms with Crippen molar-refractivity contribution in [2.45, 2.75) is 26.8 Å². The van der Waals surface area contributed by atoms with Crippen LogP contribution >= 0.6 is 11.3 Å². The van der Waals surface area contributed by atoms with Crippen LogP contribution in [0.1, 0.15) is 24.0 Å². The molecule has 0 unspecified atom stereocenters. The third-order valence-corrected chi connectivity index (χ3v) is 3.59. The summed E-state index contributed by atoms with van der Waals surface area (Å²) in [5, 5.41) is 19.9. The Hall–Kier alpha value is -2.29. The van der Waals surface area contributed by atoms with Gasteiger partial charge in [-0.1, -0.05) is 6.92 Å². The van der Waals surface area contributed by atoms with E-state index in [4.69, 9.17) is 0 Å². The van der Waals surface area contributed by atoms with Crippen molar-refractivity contribution in [3.63, 3.8) is 0 Å². The number of anilines is 2. The van der Waals surface area contributed by atoms with E-state index in [0.717, 1.165) is 17.1 Å². The van der Waals surface area contributed by atoms with Crippen LogP contribution in [0, 0.1) is 17.0 Å². The summed E-state index contributed by atoms with van der Waals surface area (Å²) in [7, 11) is 0. The quantitative estimate of drug-likeness (QED) is 0.598. The van der Waals surface area contributed by atoms with Crippen molar-refractivity contribution < 1.29 is 4.92 Å². The van der Waals surface area contributed by atoms with E-state index in [-0.39, 0.29) is 17.3 Å². The lowest BCUT2D eigenvalue weighted by Crippen LogP contribution is -2.10. The number of aryl methyl sites for hydroxylation is 1. The van der Waals surface area contributed by atoms with Crippen molar-refractivity contribution in [2.24, 2.45) is 0 Å². The number of nitrogens with zero attached hydrogens (tertiary/aromatic N) is 4. The van der Waals surface area contributed by atoms with E-state index >= 15 is 0 Å². The SMILES string of the molecule is CCCNc1ncnc(NCc2nc(C)cs2)c1[N+](=O)[O-]. The number of rotatable bonds is 7. The summed E-state index contributed by atoms with van der Waals surface area (Å²) in [6.45, 7) is 4.89. The Kier molecular flexibility index (Phi) is 4.99. The topological polar surface area (TPSA) is 106 Å². The largest absolute Gasteiger partial charge is 0.364 e. The van der Waals surface area contributed by atoms with E-state index in [2.05, 4.69) is 25.6 Å². The van der Waals surface area contributed by atoms with Crippen molar-refractivity contribution >= 4 is 28.7 Å². The fourth-order valence-electron chi connectivity index (χ4n) is 1.70. The molecular formula is C12H16N6O2S. The molecule has 0 aromatic carbocycles. The van der Waals surface area contributed by atoms with Gasteiger partial charge in [0.2, 0.25) is 11.6 Å². The Balaban J connectivity index is 2.19. The molecule has 2 heterocycles. The first kappa shape index (κ1) is 15.1. The Morgan fingerprint density at radius 1 is 1.33 bits per heavy atom. The minimum atomic E-state index is -0.479. The Labute approximate surface area is 125 Å². The minimum absolute atomic E-state index is 0.140. The molecule has 0 aliphatic rings. The molecule has 0 saturated carbocycles. The lowest BCUT2D eigenvalue weighted by atomic mass is 10.4. The molecule has 21 heavy (non-hydrogen) atoms. The number of nitro groups is 1. The van der Waals surface area contributed by atoms with E-state index < -0.39 is 4.92 Å². The van der Waals surface area contributed by atoms with Crippen LogP contribution in [0.25, 0.3) is 0 Å². The predicted octanol–water partition coefficient (Wildman–Crippen LogP) is 2.58. The van der Waals surface area contributed by atoms with Gasteiger partial charge in [0.25, 0.3) is 0 Å². The molecule has 0 bridgehead atoms. The zero-order chi connectivity index (χ0) is 15.2. The molecule has 8 nitrogen and oxygen atoms in total. The average molecular weight is 308 g/mol. The smallest absolute Gasteiger partial charge is 0.353 e. The predicted molar refractivity (Wildman–Crippen MR) is 81.6 cm³/mol. The molecule has 0 saturated heterocycles. The van der Waals surface area contributed by atoms with Gasteiger partial charge < -0.3 is 10.6 Å². The summed E-state index contributed by atoms with van der Waals surface area (Å²) in [5.74, 6) is 0.427. The van der Waals surface area contributed by atoms with E-state index in [1.807, 2.05) is 19.2 Å². The summed E-state index contributed by atoms with van der Waals surface area (Å²) in [5.41, 5.74) is 0.790. The first-order chi connectivity index (χ1) is 10.1. The maximum absolute atomic E-state index is 11.3. The Morgan fingerprint density at radius 2 is 2.05 bits per heavy atom. The van der Waals surface area contributed by atoms with Gasteiger partial charge in [-0.15, -0.1) is 11.3 Å². The third kappa shape index (κ3) is 3.85. The zero-order valence-electron chi connectivity index (χ0n) is 11.8. The van der Waals surface area contributed by atoms with Crippen LogP contribution in [-0.2, 0) is 6.54 Å². The average Bonchev–Trinajstić information content (AvgIpc) is 2.88. The third-order valence-electron chi connectivity index (χ3n) is 2.62. The monoisotopic (exact) mass is 308 g/mol. The molecular weight excluding hydrogens is 292 g/mol. The van der Waals surface area contributed by atoms with E-state index in [0.29, 0.717) is 13.1 Å². The normalized spacial score (nSPS) is 10.4. The summed E-state index contributed by atoms with van der Waals surface area (Å²) < 4.78 is 0. The van der Waals surface area contributed by atoms with E-state index in [1.54, 1.807) is 0 Å². The van der Waals surface area contributed by atoms with Crippen LogP contribution in [0.4, 0.5) is 17.3 Å². The van der Waals surface area contributed by atoms with E-state index in [1.165, 1.54) is 17.7 Å². The van der Waals surface area contributed by atoms with Gasteiger partial charge in [-0.3, -0.25) is 10.1 Å². The summed E-state index contributed by atoms with van der Waals surface area (Å²) >= 11 is 1.50. The first-order valence-electron chi connectivity index (χ1n) is 6.50. The molecule has 2 N–H and O–H groups in total. The maximum atomic E-state index is 11.3. The molecule has 0 amide bonds. The van der Waals surface area contributed by atoms with Crippen molar-refractivity contribution in [1.29, 1.82) is 0 Å². The molecule has 0 atom stereocenters. The van der Waals surface area contributed by atoms with E-state index in [9.17, 15) is 10.1 Å². The van der Waals surface area contributed by atoms with Crippen LogP contribution in [0.2, 0.25) is 0 Å². The zero-order valence-corrected chi connectivity index (χ0v) is 12.6. The van der Waals surface area contributed by atoms with Crippen molar-refractivity contribution in [2.75, 3.05) is 17.2 Å². The van der Waals surface area contributed by atoms with Gasteiger partial charge in [0.1, 0.15) is 11.3 Å². The fourth-order valence-corrected chi connectivity index (χ4v) is 2.41. The highest BCUT2D eigenvalue weighted by Gasteiger charge is 2.22.